The van der Waals surface area contributed by atoms with Gasteiger partial charge in [0.25, 0.3) is 0 Å². The van der Waals surface area contributed by atoms with E-state index in [1.165, 1.54) is 17.2 Å². The van der Waals surface area contributed by atoms with Gasteiger partial charge in [0.1, 0.15) is 0 Å². The van der Waals surface area contributed by atoms with E-state index < -0.39 is 6.29 Å². The van der Waals surface area contributed by atoms with Gasteiger partial charge in [0.05, 0.1) is 6.61 Å². The molecule has 2 aromatic rings. The minimum absolute atomic E-state index is 0.385. The highest BCUT2D eigenvalue weighted by atomic mass is 16.6. The molecule has 0 aliphatic carbocycles. The molecule has 2 heteroatoms. The molecule has 98 valence electrons. The zero-order chi connectivity index (χ0) is 13.5. The fourth-order valence-electron chi connectivity index (χ4n) is 1.93. The van der Waals surface area contributed by atoms with Crippen LogP contribution in [0.2, 0.25) is 0 Å². The summed E-state index contributed by atoms with van der Waals surface area (Å²) in [6.07, 6.45) is 1.33. The van der Waals surface area contributed by atoms with Gasteiger partial charge in [-0.25, -0.2) is 0 Å². The predicted molar refractivity (Wildman–Crippen MR) is 76.7 cm³/mol. The summed E-state index contributed by atoms with van der Waals surface area (Å²) in [5, 5.41) is 9.36. The van der Waals surface area contributed by atoms with E-state index in [1.807, 2.05) is 36.4 Å². The number of hydrogen-bond donors (Lipinski definition) is 1. The summed E-state index contributed by atoms with van der Waals surface area (Å²) in [5.41, 5.74) is 3.57. The van der Waals surface area contributed by atoms with E-state index in [9.17, 15) is 5.11 Å². The van der Waals surface area contributed by atoms with E-state index >= 15 is 0 Å². The van der Waals surface area contributed by atoms with Gasteiger partial charge >= 0.3 is 0 Å². The van der Waals surface area contributed by atoms with E-state index in [0.717, 1.165) is 12.0 Å². The second kappa shape index (κ2) is 6.88. The minimum atomic E-state index is -0.912. The maximum absolute atomic E-state index is 9.36. The van der Waals surface area contributed by atoms with Gasteiger partial charge < -0.3 is 9.84 Å². The third kappa shape index (κ3) is 4.05. The molecule has 0 bridgehead atoms. The quantitative estimate of drug-likeness (QED) is 0.633. The van der Waals surface area contributed by atoms with Crippen molar-refractivity contribution >= 4 is 0 Å². The van der Waals surface area contributed by atoms with E-state index in [0.29, 0.717) is 6.61 Å². The Morgan fingerprint density at radius 2 is 1.63 bits per heavy atom. The first-order valence-electron chi connectivity index (χ1n) is 6.32. The Bertz CT molecular complexity index is 520. The van der Waals surface area contributed by atoms with Crippen LogP contribution >= 0.6 is 0 Å². The van der Waals surface area contributed by atoms with Crippen LogP contribution < -0.4 is 0 Å². The molecular formula is C17H18O2. The normalized spacial score (nSPS) is 12.1. The van der Waals surface area contributed by atoms with Crippen molar-refractivity contribution in [1.29, 1.82) is 0 Å². The van der Waals surface area contributed by atoms with Crippen molar-refractivity contribution < 1.29 is 9.84 Å². The van der Waals surface area contributed by atoms with E-state index in [2.05, 4.69) is 24.8 Å². The van der Waals surface area contributed by atoms with Crippen molar-refractivity contribution in [3.63, 3.8) is 0 Å². The van der Waals surface area contributed by atoms with Crippen LogP contribution in [0.15, 0.2) is 67.3 Å². The molecule has 0 spiro atoms. The molecule has 0 aromatic heterocycles. The fraction of sp³-hybridized carbons (Fsp3) is 0.176. The summed E-state index contributed by atoms with van der Waals surface area (Å²) in [7, 11) is 0. The first-order chi connectivity index (χ1) is 9.29. The predicted octanol–water partition coefficient (Wildman–Crippen LogP) is 3.30. The Morgan fingerprint density at radius 3 is 2.32 bits per heavy atom. The van der Waals surface area contributed by atoms with Gasteiger partial charge in [-0.1, -0.05) is 61.2 Å². The molecule has 1 N–H and O–H groups in total. The number of ether oxygens (including phenoxy) is 1. The van der Waals surface area contributed by atoms with E-state index in [-0.39, 0.29) is 0 Å². The maximum atomic E-state index is 9.36. The molecule has 0 aliphatic rings. The summed E-state index contributed by atoms with van der Waals surface area (Å²) in [5.74, 6) is 0. The van der Waals surface area contributed by atoms with Crippen molar-refractivity contribution in [1.82, 2.24) is 0 Å². The number of hydrogen-bond acceptors (Lipinski definition) is 2. The van der Waals surface area contributed by atoms with Gasteiger partial charge in [0, 0.05) is 0 Å². The Kier molecular flexibility index (Phi) is 4.90. The molecule has 1 atom stereocenters. The standard InChI is InChI=1S/C17H18O2/c1-2-17(18)19-13-16-11-7-6-10-15(16)12-14-8-4-3-5-9-14/h2-11,17-18H,1,12-13H2. The maximum Gasteiger partial charge on any atom is 0.174 e. The highest BCUT2D eigenvalue weighted by Gasteiger charge is 2.05. The summed E-state index contributed by atoms with van der Waals surface area (Å²) in [6.45, 7) is 3.87. The molecule has 2 nitrogen and oxygen atoms in total. The third-order valence-electron chi connectivity index (χ3n) is 2.97. The summed E-state index contributed by atoms with van der Waals surface area (Å²) >= 11 is 0. The SMILES string of the molecule is C=CC(O)OCc1ccccc1Cc1ccccc1. The number of rotatable bonds is 6. The fourth-order valence-corrected chi connectivity index (χ4v) is 1.93. The van der Waals surface area contributed by atoms with E-state index in [1.54, 1.807) is 0 Å². The largest absolute Gasteiger partial charge is 0.365 e. The monoisotopic (exact) mass is 254 g/mol. The highest BCUT2D eigenvalue weighted by Crippen LogP contribution is 2.15. The lowest BCUT2D eigenvalue weighted by molar-refractivity contribution is -0.0732. The third-order valence-corrected chi connectivity index (χ3v) is 2.97. The van der Waals surface area contributed by atoms with Gasteiger partial charge in [-0.2, -0.15) is 0 Å². The van der Waals surface area contributed by atoms with Crippen molar-refractivity contribution in [3.05, 3.63) is 83.9 Å². The van der Waals surface area contributed by atoms with Crippen LogP contribution in [0, 0.1) is 0 Å². The summed E-state index contributed by atoms with van der Waals surface area (Å²) in [6, 6.07) is 18.4. The van der Waals surface area contributed by atoms with Crippen LogP contribution in [0.5, 0.6) is 0 Å². The first-order valence-corrected chi connectivity index (χ1v) is 6.32. The molecule has 1 unspecified atom stereocenters. The second-order valence-corrected chi connectivity index (χ2v) is 4.37. The van der Waals surface area contributed by atoms with Crippen LogP contribution in [0.25, 0.3) is 0 Å². The van der Waals surface area contributed by atoms with Gasteiger partial charge in [0.2, 0.25) is 0 Å². The van der Waals surface area contributed by atoms with Crippen molar-refractivity contribution in [2.24, 2.45) is 0 Å². The number of aliphatic hydroxyl groups is 1. The molecule has 2 rings (SSSR count). The van der Waals surface area contributed by atoms with Crippen molar-refractivity contribution in [2.45, 2.75) is 19.3 Å². The Hall–Kier alpha value is -1.90. The molecule has 0 heterocycles. The van der Waals surface area contributed by atoms with Crippen LogP contribution in [0.4, 0.5) is 0 Å². The topological polar surface area (TPSA) is 29.5 Å². The smallest absolute Gasteiger partial charge is 0.174 e. The zero-order valence-corrected chi connectivity index (χ0v) is 10.8. The lowest BCUT2D eigenvalue weighted by atomic mass is 10.0. The Balaban J connectivity index is 2.10. The van der Waals surface area contributed by atoms with Crippen molar-refractivity contribution in [2.75, 3.05) is 0 Å². The van der Waals surface area contributed by atoms with Crippen LogP contribution in [-0.2, 0) is 17.8 Å². The lowest BCUT2D eigenvalue weighted by Crippen LogP contribution is -2.08. The molecule has 0 saturated carbocycles. The molecular weight excluding hydrogens is 236 g/mol. The Morgan fingerprint density at radius 1 is 1.00 bits per heavy atom. The second-order valence-electron chi connectivity index (χ2n) is 4.37. The van der Waals surface area contributed by atoms with Crippen molar-refractivity contribution in [3.8, 4) is 0 Å². The lowest BCUT2D eigenvalue weighted by Gasteiger charge is -2.12. The molecule has 19 heavy (non-hydrogen) atoms. The molecule has 0 saturated heterocycles. The first kappa shape index (κ1) is 13.5. The van der Waals surface area contributed by atoms with Crippen LogP contribution in [0.3, 0.4) is 0 Å². The molecule has 0 radical (unpaired) electrons. The summed E-state index contributed by atoms with van der Waals surface area (Å²) in [4.78, 5) is 0. The minimum Gasteiger partial charge on any atom is -0.365 e. The summed E-state index contributed by atoms with van der Waals surface area (Å²) < 4.78 is 5.29. The number of benzene rings is 2. The molecule has 0 fully saturated rings. The molecule has 0 amide bonds. The van der Waals surface area contributed by atoms with Gasteiger partial charge in [-0.3, -0.25) is 0 Å². The highest BCUT2D eigenvalue weighted by molar-refractivity contribution is 5.32. The van der Waals surface area contributed by atoms with Gasteiger partial charge in [-0.05, 0) is 29.2 Å². The van der Waals surface area contributed by atoms with Gasteiger partial charge in [0.15, 0.2) is 6.29 Å². The number of aliphatic hydroxyl groups excluding tert-OH is 1. The molecule has 2 aromatic carbocycles. The zero-order valence-electron chi connectivity index (χ0n) is 10.8. The average molecular weight is 254 g/mol. The van der Waals surface area contributed by atoms with Gasteiger partial charge in [-0.15, -0.1) is 0 Å². The van der Waals surface area contributed by atoms with Crippen LogP contribution in [0.1, 0.15) is 16.7 Å². The Labute approximate surface area is 114 Å². The van der Waals surface area contributed by atoms with E-state index in [4.69, 9.17) is 4.74 Å². The average Bonchev–Trinajstić information content (AvgIpc) is 2.47. The van der Waals surface area contributed by atoms with Crippen LogP contribution in [-0.4, -0.2) is 11.4 Å². The molecule has 0 aliphatic heterocycles.